The predicted octanol–water partition coefficient (Wildman–Crippen LogP) is 3.45. The monoisotopic (exact) mass is 458 g/mol. The van der Waals surface area contributed by atoms with Crippen molar-refractivity contribution < 1.29 is 31.8 Å². The topological polar surface area (TPSA) is 116 Å². The van der Waals surface area contributed by atoms with Crippen molar-refractivity contribution in [3.8, 4) is 22.8 Å². The smallest absolute Gasteiger partial charge is 0.338 e. The van der Waals surface area contributed by atoms with Gasteiger partial charge in [0.15, 0.2) is 11.5 Å². The maximum atomic E-state index is 12.5. The lowest BCUT2D eigenvalue weighted by Crippen LogP contribution is -2.18. The summed E-state index contributed by atoms with van der Waals surface area (Å²) in [5.74, 6) is 1.17. The highest BCUT2D eigenvalue weighted by Gasteiger charge is 2.16. The summed E-state index contributed by atoms with van der Waals surface area (Å²) >= 11 is 0. The lowest BCUT2D eigenvalue weighted by Gasteiger charge is -2.09. The number of methoxy groups -OCH3 is 2. The molecule has 0 aliphatic carbocycles. The Morgan fingerprint density at radius 2 is 1.75 bits per heavy atom. The quantitative estimate of drug-likeness (QED) is 0.296. The van der Waals surface area contributed by atoms with Gasteiger partial charge in [0.2, 0.25) is 0 Å². The fourth-order valence-electron chi connectivity index (χ4n) is 2.76. The van der Waals surface area contributed by atoms with Crippen molar-refractivity contribution in [2.45, 2.75) is 11.8 Å². The lowest BCUT2D eigenvalue weighted by atomic mass is 10.1. The summed E-state index contributed by atoms with van der Waals surface area (Å²) in [6.07, 6.45) is 1.24. The third kappa shape index (κ3) is 5.27. The van der Waals surface area contributed by atoms with Gasteiger partial charge in [0, 0.05) is 11.6 Å². The Hall–Kier alpha value is -3.79. The highest BCUT2D eigenvalue weighted by molar-refractivity contribution is 7.89. The Morgan fingerprint density at radius 3 is 2.41 bits per heavy atom. The Balaban J connectivity index is 1.69. The minimum Gasteiger partial charge on any atom is -0.493 e. The third-order valence-corrected chi connectivity index (χ3v) is 5.56. The number of carbonyl (C=O) groups excluding carboxylic acids is 1. The molecule has 0 radical (unpaired) electrons. The van der Waals surface area contributed by atoms with Crippen LogP contribution in [0.3, 0.4) is 0 Å². The van der Waals surface area contributed by atoms with E-state index >= 15 is 0 Å². The molecular formula is C22H22N2O7S. The van der Waals surface area contributed by atoms with Crippen LogP contribution in [0.25, 0.3) is 11.3 Å². The molecule has 1 N–H and O–H groups in total. The van der Waals surface area contributed by atoms with E-state index in [-0.39, 0.29) is 10.6 Å². The molecule has 10 heteroatoms. The summed E-state index contributed by atoms with van der Waals surface area (Å²) in [5, 5.41) is 3.76. The van der Waals surface area contributed by atoms with Crippen molar-refractivity contribution in [1.29, 1.82) is 0 Å². The molecule has 32 heavy (non-hydrogen) atoms. The zero-order chi connectivity index (χ0) is 23.1. The van der Waals surface area contributed by atoms with Crippen LogP contribution in [0.5, 0.6) is 11.5 Å². The van der Waals surface area contributed by atoms with E-state index in [0.717, 1.165) is 5.56 Å². The molecule has 168 valence electrons. The van der Waals surface area contributed by atoms with Gasteiger partial charge in [-0.25, -0.2) is 4.79 Å². The van der Waals surface area contributed by atoms with E-state index in [4.69, 9.17) is 18.6 Å². The molecule has 2 aromatic carbocycles. The standard InChI is InChI=1S/C22H22N2O7S/c1-4-30-22(25)16-7-5-15(6-8-16)19-11-9-17(31-19)14-23-24-32(26,27)18-10-12-20(28-2)21(13-18)29-3/h5-14,24H,4H2,1-3H3/b23-14+. The van der Waals surface area contributed by atoms with Gasteiger partial charge in [0.1, 0.15) is 11.5 Å². The van der Waals surface area contributed by atoms with E-state index in [9.17, 15) is 13.2 Å². The average Bonchev–Trinajstić information content (AvgIpc) is 3.27. The van der Waals surface area contributed by atoms with Crippen molar-refractivity contribution in [2.75, 3.05) is 20.8 Å². The fraction of sp³-hybridized carbons (Fsp3) is 0.182. The second kappa shape index (κ2) is 10.0. The van der Waals surface area contributed by atoms with E-state index in [1.54, 1.807) is 43.3 Å². The van der Waals surface area contributed by atoms with Crippen LogP contribution in [0.4, 0.5) is 0 Å². The lowest BCUT2D eigenvalue weighted by molar-refractivity contribution is 0.0526. The van der Waals surface area contributed by atoms with Gasteiger partial charge in [0.25, 0.3) is 10.0 Å². The van der Waals surface area contributed by atoms with E-state index in [1.165, 1.54) is 38.6 Å². The molecule has 0 amide bonds. The van der Waals surface area contributed by atoms with Gasteiger partial charge in [0.05, 0.1) is 37.5 Å². The number of esters is 1. The summed E-state index contributed by atoms with van der Waals surface area (Å²) in [6, 6.07) is 14.3. The molecule has 3 rings (SSSR count). The molecule has 9 nitrogen and oxygen atoms in total. The Morgan fingerprint density at radius 1 is 1.03 bits per heavy atom. The van der Waals surface area contributed by atoms with Crippen LogP contribution < -0.4 is 14.3 Å². The average molecular weight is 458 g/mol. The van der Waals surface area contributed by atoms with Crippen LogP contribution in [0.2, 0.25) is 0 Å². The highest BCUT2D eigenvalue weighted by atomic mass is 32.2. The van der Waals surface area contributed by atoms with Crippen LogP contribution in [0, 0.1) is 0 Å². The minimum absolute atomic E-state index is 0.0332. The van der Waals surface area contributed by atoms with Gasteiger partial charge in [-0.1, -0.05) is 12.1 Å². The first-order valence-corrected chi connectivity index (χ1v) is 11.0. The molecule has 0 spiro atoms. The fourth-order valence-corrected chi connectivity index (χ4v) is 3.56. The molecule has 0 saturated heterocycles. The summed E-state index contributed by atoms with van der Waals surface area (Å²) in [7, 11) is -1.05. The van der Waals surface area contributed by atoms with Crippen molar-refractivity contribution >= 4 is 22.2 Å². The molecule has 0 fully saturated rings. The normalized spacial score (nSPS) is 11.3. The number of carbonyl (C=O) groups is 1. The van der Waals surface area contributed by atoms with Gasteiger partial charge in [-0.15, -0.1) is 0 Å². The summed E-state index contributed by atoms with van der Waals surface area (Å²) in [5.41, 5.74) is 1.18. The molecule has 1 heterocycles. The molecule has 0 aliphatic rings. The minimum atomic E-state index is -3.92. The summed E-state index contributed by atoms with van der Waals surface area (Å²) in [4.78, 5) is 13.8. The number of sulfonamides is 1. The largest absolute Gasteiger partial charge is 0.493 e. The molecule has 3 aromatic rings. The van der Waals surface area contributed by atoms with E-state index in [2.05, 4.69) is 9.93 Å². The molecule has 1 aromatic heterocycles. The molecule has 0 atom stereocenters. The van der Waals surface area contributed by atoms with Gasteiger partial charge >= 0.3 is 5.97 Å². The van der Waals surface area contributed by atoms with Crippen LogP contribution in [0.1, 0.15) is 23.0 Å². The Kier molecular flexibility index (Phi) is 7.16. The van der Waals surface area contributed by atoms with Gasteiger partial charge in [-0.2, -0.15) is 18.4 Å². The maximum absolute atomic E-state index is 12.5. The number of ether oxygens (including phenoxy) is 3. The molecule has 0 saturated carbocycles. The number of nitrogens with one attached hydrogen (secondary N) is 1. The van der Waals surface area contributed by atoms with Gasteiger partial charge in [-0.05, 0) is 43.3 Å². The zero-order valence-corrected chi connectivity index (χ0v) is 18.5. The third-order valence-electron chi connectivity index (χ3n) is 4.34. The molecular weight excluding hydrogens is 436 g/mol. The first-order valence-electron chi connectivity index (χ1n) is 9.52. The predicted molar refractivity (Wildman–Crippen MR) is 118 cm³/mol. The molecule has 0 aliphatic heterocycles. The number of rotatable bonds is 9. The number of hydrogen-bond donors (Lipinski definition) is 1. The second-order valence-electron chi connectivity index (χ2n) is 6.37. The second-order valence-corrected chi connectivity index (χ2v) is 8.03. The number of benzene rings is 2. The SMILES string of the molecule is CCOC(=O)c1ccc(-c2ccc(/C=N/NS(=O)(=O)c3ccc(OC)c(OC)c3)o2)cc1. The highest BCUT2D eigenvalue weighted by Crippen LogP contribution is 2.29. The van der Waals surface area contributed by atoms with Crippen LogP contribution >= 0.6 is 0 Å². The number of hydrogen-bond acceptors (Lipinski definition) is 8. The Bertz CT molecular complexity index is 1220. The van der Waals surface area contributed by atoms with E-state index in [0.29, 0.717) is 29.4 Å². The Labute approximate surface area is 185 Å². The summed E-state index contributed by atoms with van der Waals surface area (Å²) < 4.78 is 45.8. The van der Waals surface area contributed by atoms with Crippen LogP contribution in [0.15, 0.2) is 69.0 Å². The van der Waals surface area contributed by atoms with Crippen molar-refractivity contribution in [2.24, 2.45) is 5.10 Å². The van der Waals surface area contributed by atoms with Gasteiger partial charge in [-0.3, -0.25) is 0 Å². The van der Waals surface area contributed by atoms with Crippen LogP contribution in [-0.2, 0) is 14.8 Å². The van der Waals surface area contributed by atoms with Gasteiger partial charge < -0.3 is 18.6 Å². The van der Waals surface area contributed by atoms with Crippen molar-refractivity contribution in [3.63, 3.8) is 0 Å². The molecule has 0 bridgehead atoms. The number of furan rings is 1. The van der Waals surface area contributed by atoms with Crippen molar-refractivity contribution in [3.05, 3.63) is 65.9 Å². The van der Waals surface area contributed by atoms with Crippen molar-refractivity contribution in [1.82, 2.24) is 4.83 Å². The maximum Gasteiger partial charge on any atom is 0.338 e. The number of nitrogens with zero attached hydrogens (tertiary/aromatic N) is 1. The van der Waals surface area contributed by atoms with E-state index < -0.39 is 16.0 Å². The molecule has 0 unspecified atom stereocenters. The number of hydrazone groups is 1. The van der Waals surface area contributed by atoms with Crippen LogP contribution in [-0.4, -0.2) is 41.4 Å². The first kappa shape index (κ1) is 22.9. The summed E-state index contributed by atoms with van der Waals surface area (Å²) in [6.45, 7) is 2.05. The first-order chi connectivity index (χ1) is 15.4. The zero-order valence-electron chi connectivity index (χ0n) is 17.7. The van der Waals surface area contributed by atoms with E-state index in [1.807, 2.05) is 0 Å².